The van der Waals surface area contributed by atoms with E-state index in [0.29, 0.717) is 5.15 Å². The summed E-state index contributed by atoms with van der Waals surface area (Å²) in [6.07, 6.45) is 3.37. The predicted molar refractivity (Wildman–Crippen MR) is 101 cm³/mol. The summed E-state index contributed by atoms with van der Waals surface area (Å²) in [5, 5.41) is 12.8. The van der Waals surface area contributed by atoms with E-state index in [-0.39, 0.29) is 6.61 Å². The molecule has 1 atom stereocenters. The van der Waals surface area contributed by atoms with E-state index in [1.807, 2.05) is 42.5 Å². The highest BCUT2D eigenvalue weighted by atomic mass is 79.9. The lowest BCUT2D eigenvalue weighted by Crippen LogP contribution is -2.34. The van der Waals surface area contributed by atoms with Gasteiger partial charge >= 0.3 is 0 Å². The SMILES string of the molecule is CCCC(CO)(c1ccccn1)c1nc(Cl)cc2ccc(Br)cc12. The van der Waals surface area contributed by atoms with E-state index in [1.165, 1.54) is 0 Å². The third-order valence-corrected chi connectivity index (χ3v) is 5.01. The first-order valence-electron chi connectivity index (χ1n) is 7.89. The summed E-state index contributed by atoms with van der Waals surface area (Å²) < 4.78 is 0.963. The lowest BCUT2D eigenvalue weighted by Gasteiger charge is -2.32. The molecule has 3 rings (SSSR count). The van der Waals surface area contributed by atoms with Crippen LogP contribution in [0.5, 0.6) is 0 Å². The molecule has 1 unspecified atom stereocenters. The Labute approximate surface area is 154 Å². The van der Waals surface area contributed by atoms with Crippen molar-refractivity contribution in [1.29, 1.82) is 0 Å². The lowest BCUT2D eigenvalue weighted by atomic mass is 9.75. The summed E-state index contributed by atoms with van der Waals surface area (Å²) in [6.45, 7) is 2.02. The lowest BCUT2D eigenvalue weighted by molar-refractivity contribution is 0.205. The highest BCUT2D eigenvalue weighted by molar-refractivity contribution is 9.10. The first-order chi connectivity index (χ1) is 11.6. The van der Waals surface area contributed by atoms with Crippen LogP contribution in [-0.4, -0.2) is 21.7 Å². The van der Waals surface area contributed by atoms with Crippen LogP contribution in [-0.2, 0) is 5.41 Å². The summed E-state index contributed by atoms with van der Waals surface area (Å²) in [4.78, 5) is 9.15. The van der Waals surface area contributed by atoms with Gasteiger partial charge in [-0.3, -0.25) is 4.98 Å². The molecule has 0 amide bonds. The normalized spacial score (nSPS) is 13.8. The topological polar surface area (TPSA) is 46.0 Å². The number of hydrogen-bond acceptors (Lipinski definition) is 3. The molecule has 24 heavy (non-hydrogen) atoms. The van der Waals surface area contributed by atoms with Crippen molar-refractivity contribution in [1.82, 2.24) is 9.97 Å². The van der Waals surface area contributed by atoms with Gasteiger partial charge in [0, 0.05) is 16.1 Å². The summed E-state index contributed by atoms with van der Waals surface area (Å²) in [6, 6.07) is 13.6. The van der Waals surface area contributed by atoms with Crippen LogP contribution in [0.3, 0.4) is 0 Å². The quantitative estimate of drug-likeness (QED) is 0.599. The van der Waals surface area contributed by atoms with Crippen molar-refractivity contribution in [3.8, 4) is 0 Å². The standard InChI is InChI=1S/C19H18BrClN2O/c1-2-8-19(12-24,16-5-3-4-9-22-16)18-15-11-14(20)7-6-13(15)10-17(21)23-18/h3-7,9-11,24H,2,8,12H2,1H3. The van der Waals surface area contributed by atoms with Crippen molar-refractivity contribution in [3.05, 3.63) is 69.7 Å². The monoisotopic (exact) mass is 404 g/mol. The van der Waals surface area contributed by atoms with E-state index in [2.05, 4.69) is 32.8 Å². The van der Waals surface area contributed by atoms with Gasteiger partial charge < -0.3 is 5.11 Å². The van der Waals surface area contributed by atoms with Gasteiger partial charge in [0.2, 0.25) is 0 Å². The van der Waals surface area contributed by atoms with Gasteiger partial charge in [-0.05, 0) is 42.1 Å². The van der Waals surface area contributed by atoms with Crippen LogP contribution in [0, 0.1) is 0 Å². The Kier molecular flexibility index (Phi) is 5.18. The highest BCUT2D eigenvalue weighted by Crippen LogP contribution is 2.39. The zero-order chi connectivity index (χ0) is 17.2. The van der Waals surface area contributed by atoms with E-state index in [9.17, 15) is 5.11 Å². The number of benzene rings is 1. The second-order valence-electron chi connectivity index (χ2n) is 5.86. The van der Waals surface area contributed by atoms with Gasteiger partial charge in [-0.25, -0.2) is 4.98 Å². The second kappa shape index (κ2) is 7.18. The summed E-state index contributed by atoms with van der Waals surface area (Å²) >= 11 is 9.82. The minimum absolute atomic E-state index is 0.0766. The Morgan fingerprint density at radius 3 is 2.71 bits per heavy atom. The molecule has 0 aliphatic rings. The van der Waals surface area contributed by atoms with Crippen LogP contribution < -0.4 is 0 Å². The number of aliphatic hydroxyl groups excluding tert-OH is 1. The summed E-state index contributed by atoms with van der Waals surface area (Å²) in [5.74, 6) is 0. The van der Waals surface area contributed by atoms with Crippen LogP contribution in [0.2, 0.25) is 5.15 Å². The van der Waals surface area contributed by atoms with E-state index >= 15 is 0 Å². The Morgan fingerprint density at radius 2 is 2.04 bits per heavy atom. The van der Waals surface area contributed by atoms with E-state index in [4.69, 9.17) is 11.6 Å². The summed E-state index contributed by atoms with van der Waals surface area (Å²) in [7, 11) is 0. The van der Waals surface area contributed by atoms with Crippen LogP contribution in [0.15, 0.2) is 53.1 Å². The average Bonchev–Trinajstić information content (AvgIpc) is 2.60. The molecule has 3 aromatic rings. The van der Waals surface area contributed by atoms with Crippen molar-refractivity contribution >= 4 is 38.3 Å². The van der Waals surface area contributed by atoms with Crippen molar-refractivity contribution in [3.63, 3.8) is 0 Å². The molecule has 0 spiro atoms. The molecular weight excluding hydrogens is 388 g/mol. The number of fused-ring (bicyclic) bond motifs is 1. The van der Waals surface area contributed by atoms with Gasteiger partial charge in [-0.15, -0.1) is 0 Å². The van der Waals surface area contributed by atoms with E-state index in [1.54, 1.807) is 6.20 Å². The van der Waals surface area contributed by atoms with E-state index in [0.717, 1.165) is 39.5 Å². The third kappa shape index (κ3) is 3.06. The molecule has 0 bridgehead atoms. The molecule has 5 heteroatoms. The molecule has 2 heterocycles. The Bertz CT molecular complexity index is 857. The first-order valence-corrected chi connectivity index (χ1v) is 9.06. The maximum atomic E-state index is 10.4. The van der Waals surface area contributed by atoms with Crippen molar-refractivity contribution in [2.75, 3.05) is 6.61 Å². The molecular formula is C19H18BrClN2O. The molecule has 0 radical (unpaired) electrons. The minimum atomic E-state index is -0.681. The molecule has 2 aromatic heterocycles. The van der Waals surface area contributed by atoms with E-state index < -0.39 is 5.41 Å². The Balaban J connectivity index is 2.36. The predicted octanol–water partition coefficient (Wildman–Crippen LogP) is 5.12. The fraction of sp³-hybridized carbons (Fsp3) is 0.263. The number of rotatable bonds is 5. The number of nitrogens with zero attached hydrogens (tertiary/aromatic N) is 2. The zero-order valence-corrected chi connectivity index (χ0v) is 15.7. The van der Waals surface area contributed by atoms with Gasteiger partial charge in [0.25, 0.3) is 0 Å². The van der Waals surface area contributed by atoms with Gasteiger partial charge in [0.1, 0.15) is 5.15 Å². The van der Waals surface area contributed by atoms with Crippen molar-refractivity contribution in [2.45, 2.75) is 25.2 Å². The molecule has 0 saturated carbocycles. The van der Waals surface area contributed by atoms with Gasteiger partial charge in [-0.2, -0.15) is 0 Å². The molecule has 124 valence electrons. The number of pyridine rings is 2. The number of hydrogen-bond donors (Lipinski definition) is 1. The van der Waals surface area contributed by atoms with Crippen LogP contribution in [0.4, 0.5) is 0 Å². The molecule has 1 aromatic carbocycles. The minimum Gasteiger partial charge on any atom is -0.395 e. The maximum Gasteiger partial charge on any atom is 0.130 e. The first kappa shape index (κ1) is 17.3. The fourth-order valence-corrected chi connectivity index (χ4v) is 3.79. The Morgan fingerprint density at radius 1 is 1.21 bits per heavy atom. The van der Waals surface area contributed by atoms with Crippen molar-refractivity contribution in [2.24, 2.45) is 0 Å². The Hall–Kier alpha value is -1.49. The molecule has 0 aliphatic carbocycles. The zero-order valence-electron chi connectivity index (χ0n) is 13.3. The number of aliphatic hydroxyl groups is 1. The summed E-state index contributed by atoms with van der Waals surface area (Å²) in [5.41, 5.74) is 0.902. The van der Waals surface area contributed by atoms with Gasteiger partial charge in [-0.1, -0.05) is 53.0 Å². The third-order valence-electron chi connectivity index (χ3n) is 4.32. The number of aromatic nitrogens is 2. The van der Waals surface area contributed by atoms with Crippen LogP contribution in [0.1, 0.15) is 31.2 Å². The van der Waals surface area contributed by atoms with Crippen LogP contribution >= 0.6 is 27.5 Å². The van der Waals surface area contributed by atoms with Gasteiger partial charge in [0.05, 0.1) is 23.4 Å². The highest BCUT2D eigenvalue weighted by Gasteiger charge is 2.37. The molecule has 1 N–H and O–H groups in total. The molecule has 0 aliphatic heterocycles. The maximum absolute atomic E-state index is 10.4. The van der Waals surface area contributed by atoms with Crippen LogP contribution in [0.25, 0.3) is 10.8 Å². The largest absolute Gasteiger partial charge is 0.395 e. The smallest absolute Gasteiger partial charge is 0.130 e. The van der Waals surface area contributed by atoms with Crippen molar-refractivity contribution < 1.29 is 5.11 Å². The fourth-order valence-electron chi connectivity index (χ4n) is 3.23. The number of halogens is 2. The molecule has 0 saturated heterocycles. The molecule has 3 nitrogen and oxygen atoms in total. The second-order valence-corrected chi connectivity index (χ2v) is 7.17. The van der Waals surface area contributed by atoms with Gasteiger partial charge in [0.15, 0.2) is 0 Å². The molecule has 0 fully saturated rings. The average molecular weight is 406 g/mol.